The van der Waals surface area contributed by atoms with E-state index in [1.54, 1.807) is 12.5 Å². The van der Waals surface area contributed by atoms with Crippen LogP contribution in [0.15, 0.2) is 36.8 Å². The molecular formula is C13H14N4. The Morgan fingerprint density at radius 1 is 1.24 bits per heavy atom. The highest BCUT2D eigenvalue weighted by Gasteiger charge is 2.20. The lowest BCUT2D eigenvalue weighted by molar-refractivity contribution is 0.759. The molecule has 2 heterocycles. The Kier molecular flexibility index (Phi) is 2.40. The van der Waals surface area contributed by atoms with E-state index < -0.39 is 0 Å². The Morgan fingerprint density at radius 3 is 3.00 bits per heavy atom. The van der Waals surface area contributed by atoms with Gasteiger partial charge in [-0.2, -0.15) is 0 Å². The number of benzene rings is 1. The number of aryl methyl sites for hydroxylation is 1. The van der Waals surface area contributed by atoms with E-state index in [9.17, 15) is 0 Å². The van der Waals surface area contributed by atoms with E-state index in [0.29, 0.717) is 5.69 Å². The van der Waals surface area contributed by atoms with Crippen LogP contribution in [0.3, 0.4) is 0 Å². The summed E-state index contributed by atoms with van der Waals surface area (Å²) in [6.45, 7) is 0.957. The van der Waals surface area contributed by atoms with Crippen LogP contribution in [0.4, 0.5) is 17.2 Å². The van der Waals surface area contributed by atoms with Crippen molar-refractivity contribution < 1.29 is 0 Å². The highest BCUT2D eigenvalue weighted by Crippen LogP contribution is 2.34. The fourth-order valence-corrected chi connectivity index (χ4v) is 2.31. The summed E-state index contributed by atoms with van der Waals surface area (Å²) in [5.41, 5.74) is 9.14. The van der Waals surface area contributed by atoms with Gasteiger partial charge in [0.15, 0.2) is 5.82 Å². The van der Waals surface area contributed by atoms with Crippen LogP contribution < -0.4 is 10.6 Å². The molecule has 1 aliphatic heterocycles. The van der Waals surface area contributed by atoms with Gasteiger partial charge >= 0.3 is 0 Å². The van der Waals surface area contributed by atoms with Crippen molar-refractivity contribution in [2.75, 3.05) is 17.2 Å². The third-order valence-corrected chi connectivity index (χ3v) is 3.08. The normalized spacial score (nSPS) is 14.5. The third-order valence-electron chi connectivity index (χ3n) is 3.08. The van der Waals surface area contributed by atoms with Gasteiger partial charge in [0.2, 0.25) is 0 Å². The first-order valence-electron chi connectivity index (χ1n) is 5.77. The number of anilines is 3. The van der Waals surface area contributed by atoms with Gasteiger partial charge in [0.1, 0.15) is 6.33 Å². The topological polar surface area (TPSA) is 55.0 Å². The molecule has 0 saturated heterocycles. The fourth-order valence-electron chi connectivity index (χ4n) is 2.31. The number of nitrogen functional groups attached to an aromatic ring is 1. The van der Waals surface area contributed by atoms with Crippen molar-refractivity contribution in [2.45, 2.75) is 12.8 Å². The number of rotatable bonds is 1. The second-order valence-corrected chi connectivity index (χ2v) is 4.19. The van der Waals surface area contributed by atoms with E-state index >= 15 is 0 Å². The second-order valence-electron chi connectivity index (χ2n) is 4.19. The van der Waals surface area contributed by atoms with Gasteiger partial charge in [-0.05, 0) is 24.5 Å². The third kappa shape index (κ3) is 1.71. The predicted octanol–water partition coefficient (Wildman–Crippen LogP) is 2.14. The lowest BCUT2D eigenvalue weighted by atomic mass is 10.0. The van der Waals surface area contributed by atoms with E-state index in [0.717, 1.165) is 25.2 Å². The van der Waals surface area contributed by atoms with Gasteiger partial charge in [0, 0.05) is 12.2 Å². The van der Waals surface area contributed by atoms with Crippen molar-refractivity contribution in [2.24, 2.45) is 0 Å². The maximum atomic E-state index is 5.94. The van der Waals surface area contributed by atoms with Crippen molar-refractivity contribution in [1.82, 2.24) is 9.97 Å². The molecule has 0 fully saturated rings. The molecule has 0 saturated carbocycles. The first-order chi connectivity index (χ1) is 8.36. The van der Waals surface area contributed by atoms with Gasteiger partial charge in [-0.25, -0.2) is 9.97 Å². The van der Waals surface area contributed by atoms with Crippen molar-refractivity contribution >= 4 is 17.2 Å². The lowest BCUT2D eigenvalue weighted by Gasteiger charge is -2.30. The number of nitrogens with zero attached hydrogens (tertiary/aromatic N) is 3. The highest BCUT2D eigenvalue weighted by molar-refractivity contribution is 5.72. The summed E-state index contributed by atoms with van der Waals surface area (Å²) >= 11 is 0. The zero-order chi connectivity index (χ0) is 11.7. The second kappa shape index (κ2) is 4.05. The molecule has 1 aromatic heterocycles. The molecule has 0 radical (unpaired) electrons. The van der Waals surface area contributed by atoms with Gasteiger partial charge in [0.05, 0.1) is 11.9 Å². The van der Waals surface area contributed by atoms with Crippen LogP contribution in [0.25, 0.3) is 0 Å². The molecule has 17 heavy (non-hydrogen) atoms. The molecule has 0 aliphatic carbocycles. The highest BCUT2D eigenvalue weighted by atomic mass is 15.2. The van der Waals surface area contributed by atoms with Crippen LogP contribution >= 0.6 is 0 Å². The summed E-state index contributed by atoms with van der Waals surface area (Å²) in [5.74, 6) is 0.812. The van der Waals surface area contributed by atoms with Crippen LogP contribution in [0.5, 0.6) is 0 Å². The number of para-hydroxylation sites is 1. The molecule has 4 heteroatoms. The van der Waals surface area contributed by atoms with Crippen LogP contribution in [0.2, 0.25) is 0 Å². The minimum Gasteiger partial charge on any atom is -0.394 e. The largest absolute Gasteiger partial charge is 0.394 e. The zero-order valence-electron chi connectivity index (χ0n) is 9.50. The average Bonchev–Trinajstić information content (AvgIpc) is 2.39. The van der Waals surface area contributed by atoms with Crippen LogP contribution in [0.1, 0.15) is 12.0 Å². The lowest BCUT2D eigenvalue weighted by Crippen LogP contribution is -2.26. The van der Waals surface area contributed by atoms with E-state index in [1.807, 2.05) is 0 Å². The SMILES string of the molecule is Nc1cncnc1N1CCCc2ccccc21. The van der Waals surface area contributed by atoms with Gasteiger partial charge in [-0.3, -0.25) is 0 Å². The molecule has 4 nitrogen and oxygen atoms in total. The Morgan fingerprint density at radius 2 is 2.12 bits per heavy atom. The van der Waals surface area contributed by atoms with Gasteiger partial charge in [-0.15, -0.1) is 0 Å². The van der Waals surface area contributed by atoms with E-state index in [2.05, 4.69) is 39.1 Å². The summed E-state index contributed by atoms with van der Waals surface area (Å²) < 4.78 is 0. The molecule has 0 unspecified atom stereocenters. The summed E-state index contributed by atoms with van der Waals surface area (Å²) in [4.78, 5) is 10.4. The molecule has 2 aromatic rings. The summed E-state index contributed by atoms with van der Waals surface area (Å²) in [6.07, 6.45) is 5.45. The molecule has 86 valence electrons. The van der Waals surface area contributed by atoms with Gasteiger partial charge in [0.25, 0.3) is 0 Å². The number of nitrogens with two attached hydrogens (primary N) is 1. The van der Waals surface area contributed by atoms with E-state index in [-0.39, 0.29) is 0 Å². The quantitative estimate of drug-likeness (QED) is 0.809. The predicted molar refractivity (Wildman–Crippen MR) is 68.2 cm³/mol. The number of hydrogen-bond donors (Lipinski definition) is 1. The zero-order valence-corrected chi connectivity index (χ0v) is 9.50. The number of fused-ring (bicyclic) bond motifs is 1. The number of aromatic nitrogens is 2. The summed E-state index contributed by atoms with van der Waals surface area (Å²) in [7, 11) is 0. The van der Waals surface area contributed by atoms with E-state index in [1.165, 1.54) is 11.3 Å². The average molecular weight is 226 g/mol. The minimum atomic E-state index is 0.629. The van der Waals surface area contributed by atoms with Crippen LogP contribution in [-0.4, -0.2) is 16.5 Å². The Bertz CT molecular complexity index is 538. The summed E-state index contributed by atoms with van der Waals surface area (Å²) in [5, 5.41) is 0. The van der Waals surface area contributed by atoms with Crippen molar-refractivity contribution in [3.8, 4) is 0 Å². The molecule has 1 aliphatic rings. The maximum Gasteiger partial charge on any atom is 0.159 e. The van der Waals surface area contributed by atoms with Crippen molar-refractivity contribution in [3.63, 3.8) is 0 Å². The molecule has 0 spiro atoms. The van der Waals surface area contributed by atoms with Crippen LogP contribution in [0, 0.1) is 0 Å². The Labute approximate surface area is 100 Å². The molecule has 0 bridgehead atoms. The minimum absolute atomic E-state index is 0.629. The first-order valence-corrected chi connectivity index (χ1v) is 5.77. The fraction of sp³-hybridized carbons (Fsp3) is 0.231. The smallest absolute Gasteiger partial charge is 0.159 e. The number of hydrogen-bond acceptors (Lipinski definition) is 4. The van der Waals surface area contributed by atoms with E-state index in [4.69, 9.17) is 5.73 Å². The standard InChI is InChI=1S/C13H14N4/c14-11-8-15-9-16-13(11)17-7-3-5-10-4-1-2-6-12(10)17/h1-2,4,6,8-9H,3,5,7,14H2. The molecule has 1 aromatic carbocycles. The molecule has 0 amide bonds. The van der Waals surface area contributed by atoms with Crippen molar-refractivity contribution in [1.29, 1.82) is 0 Å². The molecular weight excluding hydrogens is 212 g/mol. The monoisotopic (exact) mass is 226 g/mol. The summed E-state index contributed by atoms with van der Waals surface area (Å²) in [6, 6.07) is 8.41. The molecule has 3 rings (SSSR count). The Hall–Kier alpha value is -2.10. The Balaban J connectivity index is 2.09. The first kappa shape index (κ1) is 10.1. The molecule has 2 N–H and O–H groups in total. The maximum absolute atomic E-state index is 5.94. The van der Waals surface area contributed by atoms with Crippen LogP contribution in [-0.2, 0) is 6.42 Å². The van der Waals surface area contributed by atoms with Gasteiger partial charge < -0.3 is 10.6 Å². The molecule has 0 atom stereocenters. The van der Waals surface area contributed by atoms with Gasteiger partial charge in [-0.1, -0.05) is 18.2 Å². The van der Waals surface area contributed by atoms with Crippen molar-refractivity contribution in [3.05, 3.63) is 42.4 Å².